The fourth-order valence-electron chi connectivity index (χ4n) is 3.04. The van der Waals surface area contributed by atoms with E-state index in [0.717, 1.165) is 37.3 Å². The molecule has 0 saturated heterocycles. The molecule has 0 aliphatic heterocycles. The van der Waals surface area contributed by atoms with Crippen molar-refractivity contribution in [3.8, 4) is 5.75 Å². The van der Waals surface area contributed by atoms with Gasteiger partial charge in [-0.3, -0.25) is 4.79 Å². The van der Waals surface area contributed by atoms with Crippen molar-refractivity contribution in [2.45, 2.75) is 77.6 Å². The van der Waals surface area contributed by atoms with Crippen LogP contribution in [0.4, 0.5) is 0 Å². The summed E-state index contributed by atoms with van der Waals surface area (Å²) in [4.78, 5) is 12.2. The van der Waals surface area contributed by atoms with Crippen molar-refractivity contribution in [3.63, 3.8) is 0 Å². The van der Waals surface area contributed by atoms with Gasteiger partial charge >= 0.3 is 0 Å². The first kappa shape index (κ1) is 19.5. The highest BCUT2D eigenvalue weighted by molar-refractivity contribution is 5.95. The molecule has 4 nitrogen and oxygen atoms in total. The predicted octanol–water partition coefficient (Wildman–Crippen LogP) is 5.48. The van der Waals surface area contributed by atoms with Gasteiger partial charge < -0.3 is 4.74 Å². The zero-order chi connectivity index (χ0) is 17.7. The smallest absolute Gasteiger partial charge is 0.271 e. The number of benzene rings is 1. The Bertz CT molecular complexity index is 527. The lowest BCUT2D eigenvalue weighted by atomic mass is 9.99. The second-order valence-corrected chi connectivity index (χ2v) is 6.82. The first-order chi connectivity index (χ1) is 12.3. The molecule has 0 atom stereocenters. The molecular formula is C21H32N2O2. The highest BCUT2D eigenvalue weighted by Gasteiger charge is 2.08. The molecule has 1 aliphatic rings. The van der Waals surface area contributed by atoms with Gasteiger partial charge in [0.05, 0.1) is 6.61 Å². The third-order valence-corrected chi connectivity index (χ3v) is 4.63. The summed E-state index contributed by atoms with van der Waals surface area (Å²) in [7, 11) is 0. The summed E-state index contributed by atoms with van der Waals surface area (Å²) < 4.78 is 5.71. The molecule has 2 rings (SSSR count). The topological polar surface area (TPSA) is 50.7 Å². The summed E-state index contributed by atoms with van der Waals surface area (Å²) in [5, 5.41) is 4.35. The standard InChI is InChI=1S/C21H32N2O2/c1-2-3-4-10-17-25-20-15-13-18(14-16-20)21(24)23-22-19-11-8-6-5-7-9-12-19/h13-16H,2-12,17H2,1H3,(H,23,24). The molecule has 138 valence electrons. The van der Waals surface area contributed by atoms with Crippen molar-refractivity contribution in [1.29, 1.82) is 0 Å². The number of carbonyl (C=O) groups excluding carboxylic acids is 1. The van der Waals surface area contributed by atoms with E-state index in [1.165, 1.54) is 51.4 Å². The molecule has 1 N–H and O–H groups in total. The Morgan fingerprint density at radius 1 is 1.00 bits per heavy atom. The molecule has 0 bridgehead atoms. The van der Waals surface area contributed by atoms with E-state index < -0.39 is 0 Å². The number of hydrazone groups is 1. The van der Waals surface area contributed by atoms with Gasteiger partial charge in [0.25, 0.3) is 5.91 Å². The molecule has 1 aliphatic carbocycles. The van der Waals surface area contributed by atoms with E-state index in [9.17, 15) is 4.79 Å². The van der Waals surface area contributed by atoms with Crippen LogP contribution in [0.15, 0.2) is 29.4 Å². The Morgan fingerprint density at radius 2 is 1.68 bits per heavy atom. The van der Waals surface area contributed by atoms with Gasteiger partial charge in [-0.2, -0.15) is 5.10 Å². The minimum atomic E-state index is -0.149. The van der Waals surface area contributed by atoms with E-state index in [0.29, 0.717) is 5.56 Å². The molecule has 0 spiro atoms. The average molecular weight is 344 g/mol. The van der Waals surface area contributed by atoms with Crippen LogP contribution < -0.4 is 10.2 Å². The number of rotatable bonds is 8. The Kier molecular flexibility index (Phi) is 9.09. The van der Waals surface area contributed by atoms with Crippen LogP contribution in [-0.2, 0) is 0 Å². The molecular weight excluding hydrogens is 312 g/mol. The number of nitrogens with zero attached hydrogens (tertiary/aromatic N) is 1. The van der Waals surface area contributed by atoms with Crippen molar-refractivity contribution < 1.29 is 9.53 Å². The Morgan fingerprint density at radius 3 is 2.36 bits per heavy atom. The number of hydrogen-bond acceptors (Lipinski definition) is 3. The summed E-state index contributed by atoms with van der Waals surface area (Å²) in [5.74, 6) is 0.670. The van der Waals surface area contributed by atoms with Crippen LogP contribution in [0, 0.1) is 0 Å². The second-order valence-electron chi connectivity index (χ2n) is 6.82. The summed E-state index contributed by atoms with van der Waals surface area (Å²) in [6.07, 6.45) is 13.0. The number of ether oxygens (including phenoxy) is 1. The number of hydrogen-bond donors (Lipinski definition) is 1. The van der Waals surface area contributed by atoms with Crippen LogP contribution in [-0.4, -0.2) is 18.2 Å². The molecule has 1 amide bonds. The summed E-state index contributed by atoms with van der Waals surface area (Å²) in [6.45, 7) is 2.94. The number of unbranched alkanes of at least 4 members (excludes halogenated alkanes) is 3. The van der Waals surface area contributed by atoms with Gasteiger partial charge in [-0.05, 0) is 56.4 Å². The molecule has 1 aromatic carbocycles. The maximum atomic E-state index is 12.2. The third kappa shape index (κ3) is 7.72. The minimum Gasteiger partial charge on any atom is -0.494 e. The van der Waals surface area contributed by atoms with Crippen molar-refractivity contribution in [1.82, 2.24) is 5.43 Å². The van der Waals surface area contributed by atoms with Crippen LogP contribution in [0.3, 0.4) is 0 Å². The second kappa shape index (κ2) is 11.7. The lowest BCUT2D eigenvalue weighted by Gasteiger charge is -2.11. The van der Waals surface area contributed by atoms with Crippen LogP contribution in [0.1, 0.15) is 87.9 Å². The van der Waals surface area contributed by atoms with Gasteiger partial charge in [0.2, 0.25) is 0 Å². The maximum Gasteiger partial charge on any atom is 0.271 e. The average Bonchev–Trinajstić information content (AvgIpc) is 2.61. The molecule has 0 radical (unpaired) electrons. The van der Waals surface area contributed by atoms with E-state index in [4.69, 9.17) is 4.74 Å². The zero-order valence-electron chi connectivity index (χ0n) is 15.6. The fraction of sp³-hybridized carbons (Fsp3) is 0.619. The van der Waals surface area contributed by atoms with E-state index in [-0.39, 0.29) is 5.91 Å². The molecule has 1 aromatic rings. The summed E-state index contributed by atoms with van der Waals surface area (Å²) >= 11 is 0. The monoisotopic (exact) mass is 344 g/mol. The highest BCUT2D eigenvalue weighted by atomic mass is 16.5. The van der Waals surface area contributed by atoms with Crippen molar-refractivity contribution >= 4 is 11.6 Å². The molecule has 25 heavy (non-hydrogen) atoms. The van der Waals surface area contributed by atoms with Gasteiger partial charge in [0.15, 0.2) is 0 Å². The summed E-state index contributed by atoms with van der Waals surface area (Å²) in [5.41, 5.74) is 4.45. The largest absolute Gasteiger partial charge is 0.494 e. The lowest BCUT2D eigenvalue weighted by Crippen LogP contribution is -2.20. The zero-order valence-corrected chi connectivity index (χ0v) is 15.6. The number of nitrogens with one attached hydrogen (secondary N) is 1. The van der Waals surface area contributed by atoms with Gasteiger partial charge in [0, 0.05) is 11.3 Å². The minimum absolute atomic E-state index is 0.149. The summed E-state index contributed by atoms with van der Waals surface area (Å²) in [6, 6.07) is 7.32. The number of amides is 1. The molecule has 0 aromatic heterocycles. The van der Waals surface area contributed by atoms with E-state index >= 15 is 0 Å². The van der Waals surface area contributed by atoms with Gasteiger partial charge in [-0.1, -0.05) is 45.4 Å². The molecule has 0 unspecified atom stereocenters. The maximum absolute atomic E-state index is 12.2. The van der Waals surface area contributed by atoms with Gasteiger partial charge in [-0.15, -0.1) is 0 Å². The van der Waals surface area contributed by atoms with Crippen molar-refractivity contribution in [2.75, 3.05) is 6.61 Å². The molecule has 0 heterocycles. The normalized spacial score (nSPS) is 15.2. The molecule has 4 heteroatoms. The van der Waals surface area contributed by atoms with Gasteiger partial charge in [0.1, 0.15) is 5.75 Å². The van der Waals surface area contributed by atoms with E-state index in [1.54, 1.807) is 12.1 Å². The van der Waals surface area contributed by atoms with Crippen molar-refractivity contribution in [3.05, 3.63) is 29.8 Å². The first-order valence-corrected chi connectivity index (χ1v) is 9.88. The van der Waals surface area contributed by atoms with Crippen LogP contribution in [0.5, 0.6) is 5.75 Å². The third-order valence-electron chi connectivity index (χ3n) is 4.63. The predicted molar refractivity (Wildman–Crippen MR) is 103 cm³/mol. The van der Waals surface area contributed by atoms with E-state index in [2.05, 4.69) is 17.5 Å². The Labute approximate surface area is 152 Å². The molecule has 1 fully saturated rings. The van der Waals surface area contributed by atoms with Crippen LogP contribution in [0.25, 0.3) is 0 Å². The van der Waals surface area contributed by atoms with Gasteiger partial charge in [-0.25, -0.2) is 5.43 Å². The highest BCUT2D eigenvalue weighted by Crippen LogP contribution is 2.15. The molecule has 1 saturated carbocycles. The SMILES string of the molecule is CCCCCCOc1ccc(C(=O)NN=C2CCCCCCC2)cc1. The van der Waals surface area contributed by atoms with Crippen molar-refractivity contribution in [2.24, 2.45) is 5.10 Å². The van der Waals surface area contributed by atoms with Crippen LogP contribution >= 0.6 is 0 Å². The first-order valence-electron chi connectivity index (χ1n) is 9.88. The van der Waals surface area contributed by atoms with Crippen LogP contribution in [0.2, 0.25) is 0 Å². The Hall–Kier alpha value is -1.84. The van der Waals surface area contributed by atoms with E-state index in [1.807, 2.05) is 12.1 Å². The quantitative estimate of drug-likeness (QED) is 0.502. The number of carbonyl (C=O) groups is 1. The lowest BCUT2D eigenvalue weighted by molar-refractivity contribution is 0.0954. The Balaban J connectivity index is 1.77. The fourth-order valence-corrected chi connectivity index (χ4v) is 3.04.